The van der Waals surface area contributed by atoms with Gasteiger partial charge in [0.05, 0.1) is 16.3 Å². The fourth-order valence-corrected chi connectivity index (χ4v) is 3.01. The number of carboxylic acid groups (broad SMARTS) is 1. The number of carboxylic acids is 1. The van der Waals surface area contributed by atoms with Gasteiger partial charge in [-0.2, -0.15) is 0 Å². The van der Waals surface area contributed by atoms with Gasteiger partial charge in [-0.05, 0) is 38.2 Å². The van der Waals surface area contributed by atoms with Crippen LogP contribution >= 0.6 is 11.6 Å². The van der Waals surface area contributed by atoms with E-state index in [1.54, 1.807) is 12.1 Å². The average Bonchev–Trinajstić information content (AvgIpc) is 2.71. The average molecular weight is 283 g/mol. The van der Waals surface area contributed by atoms with Gasteiger partial charge in [-0.25, -0.2) is 4.79 Å². The third kappa shape index (κ3) is 2.85. The van der Waals surface area contributed by atoms with Crippen molar-refractivity contribution >= 4 is 23.3 Å². The molecule has 19 heavy (non-hydrogen) atoms. The molecule has 1 aromatic rings. The molecule has 0 aromatic heterocycles. The summed E-state index contributed by atoms with van der Waals surface area (Å²) in [7, 11) is 4.17. The van der Waals surface area contributed by atoms with Crippen molar-refractivity contribution in [3.8, 4) is 0 Å². The van der Waals surface area contributed by atoms with Gasteiger partial charge >= 0.3 is 5.97 Å². The standard InChI is InChI=1S/C14H19ClN2O2/c1-9-7-17(8-13(9)16(2)3)12-5-4-10(14(18)19)6-11(12)15/h4-6,9,13H,7-8H2,1-3H3,(H,18,19). The van der Waals surface area contributed by atoms with E-state index < -0.39 is 5.97 Å². The highest BCUT2D eigenvalue weighted by atomic mass is 35.5. The molecule has 0 saturated carbocycles. The van der Waals surface area contributed by atoms with Gasteiger partial charge in [-0.15, -0.1) is 0 Å². The molecule has 4 nitrogen and oxygen atoms in total. The predicted octanol–water partition coefficient (Wildman–Crippen LogP) is 2.42. The van der Waals surface area contributed by atoms with E-state index in [4.69, 9.17) is 16.7 Å². The molecule has 1 fully saturated rings. The maximum Gasteiger partial charge on any atom is 0.335 e. The third-order valence-electron chi connectivity index (χ3n) is 3.77. The quantitative estimate of drug-likeness (QED) is 0.925. The van der Waals surface area contributed by atoms with Crippen molar-refractivity contribution in [3.05, 3.63) is 28.8 Å². The summed E-state index contributed by atoms with van der Waals surface area (Å²) in [6.07, 6.45) is 0. The molecule has 0 bridgehead atoms. The molecule has 0 aliphatic carbocycles. The fourth-order valence-electron chi connectivity index (χ4n) is 2.71. The van der Waals surface area contributed by atoms with Crippen LogP contribution in [0, 0.1) is 5.92 Å². The van der Waals surface area contributed by atoms with E-state index >= 15 is 0 Å². The Morgan fingerprint density at radius 1 is 1.42 bits per heavy atom. The minimum Gasteiger partial charge on any atom is -0.478 e. The normalized spacial score (nSPS) is 23.1. The second kappa shape index (κ2) is 5.39. The molecule has 1 heterocycles. The lowest BCUT2D eigenvalue weighted by Crippen LogP contribution is -2.34. The largest absolute Gasteiger partial charge is 0.478 e. The zero-order valence-corrected chi connectivity index (χ0v) is 12.2. The van der Waals surface area contributed by atoms with Crippen LogP contribution < -0.4 is 4.90 Å². The van der Waals surface area contributed by atoms with Gasteiger partial charge in [0.25, 0.3) is 0 Å². The summed E-state index contributed by atoms with van der Waals surface area (Å²) >= 11 is 6.21. The molecule has 104 valence electrons. The van der Waals surface area contributed by atoms with Crippen LogP contribution in [0.5, 0.6) is 0 Å². The Bertz CT molecular complexity index is 490. The highest BCUT2D eigenvalue weighted by molar-refractivity contribution is 6.33. The molecular formula is C14H19ClN2O2. The van der Waals surface area contributed by atoms with Crippen molar-refractivity contribution in [2.24, 2.45) is 5.92 Å². The topological polar surface area (TPSA) is 43.8 Å². The third-order valence-corrected chi connectivity index (χ3v) is 4.07. The first kappa shape index (κ1) is 14.2. The van der Waals surface area contributed by atoms with Crippen LogP contribution in [0.15, 0.2) is 18.2 Å². The number of rotatable bonds is 3. The smallest absolute Gasteiger partial charge is 0.335 e. The summed E-state index contributed by atoms with van der Waals surface area (Å²) in [6, 6.07) is 5.43. The lowest BCUT2D eigenvalue weighted by molar-refractivity contribution is 0.0697. The van der Waals surface area contributed by atoms with Crippen molar-refractivity contribution in [2.75, 3.05) is 32.1 Å². The van der Waals surface area contributed by atoms with Gasteiger partial charge in [0.15, 0.2) is 0 Å². The molecule has 0 spiro atoms. The highest BCUT2D eigenvalue weighted by Crippen LogP contribution is 2.32. The first-order chi connectivity index (χ1) is 8.90. The number of benzene rings is 1. The minimum atomic E-state index is -0.950. The van der Waals surface area contributed by atoms with E-state index in [9.17, 15) is 4.79 Å². The number of carbonyl (C=O) groups is 1. The van der Waals surface area contributed by atoms with E-state index in [0.717, 1.165) is 18.8 Å². The van der Waals surface area contributed by atoms with Crippen molar-refractivity contribution < 1.29 is 9.90 Å². The van der Waals surface area contributed by atoms with Crippen LogP contribution in [0.25, 0.3) is 0 Å². The van der Waals surface area contributed by atoms with Gasteiger partial charge < -0.3 is 14.9 Å². The second-order valence-corrected chi connectivity index (χ2v) is 5.79. The Morgan fingerprint density at radius 3 is 2.58 bits per heavy atom. The molecule has 1 aliphatic rings. The van der Waals surface area contributed by atoms with Crippen LogP contribution in [0.2, 0.25) is 5.02 Å². The molecule has 1 aliphatic heterocycles. The van der Waals surface area contributed by atoms with E-state index in [0.29, 0.717) is 17.0 Å². The van der Waals surface area contributed by atoms with Crippen LogP contribution in [0.1, 0.15) is 17.3 Å². The summed E-state index contributed by atoms with van der Waals surface area (Å²) in [5, 5.41) is 9.45. The van der Waals surface area contributed by atoms with Crippen molar-refractivity contribution in [3.63, 3.8) is 0 Å². The second-order valence-electron chi connectivity index (χ2n) is 5.38. The first-order valence-corrected chi connectivity index (χ1v) is 6.72. The molecule has 1 aromatic carbocycles. The summed E-state index contributed by atoms with van der Waals surface area (Å²) in [6.45, 7) is 4.08. The molecule has 2 unspecified atom stereocenters. The van der Waals surface area contributed by atoms with Crippen molar-refractivity contribution in [1.82, 2.24) is 4.90 Å². The molecule has 5 heteroatoms. The van der Waals surface area contributed by atoms with E-state index in [1.807, 2.05) is 0 Å². The first-order valence-electron chi connectivity index (χ1n) is 6.34. The lowest BCUT2D eigenvalue weighted by atomic mass is 10.1. The molecule has 0 amide bonds. The van der Waals surface area contributed by atoms with Crippen LogP contribution in [0.3, 0.4) is 0 Å². The Morgan fingerprint density at radius 2 is 2.11 bits per heavy atom. The van der Waals surface area contributed by atoms with E-state index in [2.05, 4.69) is 30.8 Å². The number of halogens is 1. The maximum absolute atomic E-state index is 10.9. The number of aromatic carboxylic acids is 1. The zero-order valence-electron chi connectivity index (χ0n) is 11.4. The Hall–Kier alpha value is -1.26. The summed E-state index contributed by atoms with van der Waals surface area (Å²) < 4.78 is 0. The molecule has 2 atom stereocenters. The fraction of sp³-hybridized carbons (Fsp3) is 0.500. The van der Waals surface area contributed by atoms with Crippen molar-refractivity contribution in [2.45, 2.75) is 13.0 Å². The summed E-state index contributed by atoms with van der Waals surface area (Å²) in [5.41, 5.74) is 1.15. The molecule has 2 rings (SSSR count). The lowest BCUT2D eigenvalue weighted by Gasteiger charge is -2.23. The molecule has 1 N–H and O–H groups in total. The van der Waals surface area contributed by atoms with Gasteiger partial charge in [-0.3, -0.25) is 0 Å². The van der Waals surface area contributed by atoms with Crippen LogP contribution in [-0.4, -0.2) is 49.2 Å². The number of likely N-dealkylation sites (N-methyl/N-ethyl adjacent to an activating group) is 1. The Balaban J connectivity index is 2.22. The van der Waals surface area contributed by atoms with Crippen molar-refractivity contribution in [1.29, 1.82) is 0 Å². The Kier molecular flexibility index (Phi) is 4.02. The number of nitrogens with zero attached hydrogens (tertiary/aromatic N) is 2. The number of hydrogen-bond donors (Lipinski definition) is 1. The van der Waals surface area contributed by atoms with E-state index in [-0.39, 0.29) is 5.56 Å². The summed E-state index contributed by atoms with van der Waals surface area (Å²) in [4.78, 5) is 15.4. The number of anilines is 1. The van der Waals surface area contributed by atoms with Gasteiger partial charge in [0, 0.05) is 19.1 Å². The predicted molar refractivity (Wildman–Crippen MR) is 77.3 cm³/mol. The van der Waals surface area contributed by atoms with Crippen LogP contribution in [-0.2, 0) is 0 Å². The summed E-state index contributed by atoms with van der Waals surface area (Å²) in [5.74, 6) is -0.389. The monoisotopic (exact) mass is 282 g/mol. The zero-order chi connectivity index (χ0) is 14.2. The molecule has 0 radical (unpaired) electrons. The SMILES string of the molecule is CC1CN(c2ccc(C(=O)O)cc2Cl)CC1N(C)C. The Labute approximate surface area is 118 Å². The highest BCUT2D eigenvalue weighted by Gasteiger charge is 2.31. The van der Waals surface area contributed by atoms with E-state index in [1.165, 1.54) is 6.07 Å². The van der Waals surface area contributed by atoms with Gasteiger partial charge in [0.2, 0.25) is 0 Å². The van der Waals surface area contributed by atoms with Gasteiger partial charge in [0.1, 0.15) is 0 Å². The molecule has 1 saturated heterocycles. The molecular weight excluding hydrogens is 264 g/mol. The van der Waals surface area contributed by atoms with Gasteiger partial charge in [-0.1, -0.05) is 18.5 Å². The number of hydrogen-bond acceptors (Lipinski definition) is 3. The minimum absolute atomic E-state index is 0.227. The van der Waals surface area contributed by atoms with Crippen LogP contribution in [0.4, 0.5) is 5.69 Å². The maximum atomic E-state index is 10.9.